The van der Waals surface area contributed by atoms with E-state index in [1.165, 1.54) is 11.1 Å². The summed E-state index contributed by atoms with van der Waals surface area (Å²) in [7, 11) is 3.19. The smallest absolute Gasteiger partial charge is 0.259 e. The maximum Gasteiger partial charge on any atom is 0.259 e. The fourth-order valence-electron chi connectivity index (χ4n) is 4.92. The Morgan fingerprint density at radius 3 is 1.86 bits per heavy atom. The maximum absolute atomic E-state index is 13.5. The largest absolute Gasteiger partial charge is 0.497 e. The van der Waals surface area contributed by atoms with Crippen molar-refractivity contribution in [2.24, 2.45) is 0 Å². The van der Waals surface area contributed by atoms with Crippen molar-refractivity contribution in [3.8, 4) is 22.9 Å². The average Bonchev–Trinajstić information content (AvgIpc) is 2.98. The standard InChI is InChI=1S/C31H31N3O3/c1-36-26-15-13-23(14-16-26)28-18-17-27(30(32-28)37-2)31(35)34-21-19-33(20-22-34)29(24-9-5-3-6-10-24)25-11-7-4-8-12-25/h3-18,29H,19-22H2,1-2H3. The van der Waals surface area contributed by atoms with Crippen LogP contribution in [0.1, 0.15) is 27.5 Å². The molecule has 1 aliphatic heterocycles. The number of hydrogen-bond acceptors (Lipinski definition) is 5. The number of methoxy groups -OCH3 is 2. The topological polar surface area (TPSA) is 54.9 Å². The molecule has 37 heavy (non-hydrogen) atoms. The van der Waals surface area contributed by atoms with Gasteiger partial charge in [0.1, 0.15) is 11.3 Å². The molecule has 0 unspecified atom stereocenters. The van der Waals surface area contributed by atoms with Gasteiger partial charge in [0.05, 0.1) is 26.0 Å². The Morgan fingerprint density at radius 1 is 0.730 bits per heavy atom. The number of amides is 1. The van der Waals surface area contributed by atoms with E-state index >= 15 is 0 Å². The number of nitrogens with zero attached hydrogens (tertiary/aromatic N) is 3. The van der Waals surface area contributed by atoms with E-state index in [1.807, 2.05) is 53.4 Å². The molecule has 1 fully saturated rings. The zero-order valence-corrected chi connectivity index (χ0v) is 21.2. The number of carbonyl (C=O) groups excluding carboxylic acids is 1. The van der Waals surface area contributed by atoms with Crippen LogP contribution in [0.2, 0.25) is 0 Å². The van der Waals surface area contributed by atoms with Gasteiger partial charge in [-0.1, -0.05) is 60.7 Å². The molecular formula is C31H31N3O3. The van der Waals surface area contributed by atoms with Crippen molar-refractivity contribution >= 4 is 5.91 Å². The lowest BCUT2D eigenvalue weighted by atomic mass is 9.96. The maximum atomic E-state index is 13.5. The van der Waals surface area contributed by atoms with E-state index < -0.39 is 0 Å². The fraction of sp³-hybridized carbons (Fsp3) is 0.226. The van der Waals surface area contributed by atoms with Crippen molar-refractivity contribution in [3.63, 3.8) is 0 Å². The molecule has 5 rings (SSSR count). The third-order valence-electron chi connectivity index (χ3n) is 6.87. The number of rotatable bonds is 7. The molecule has 4 aromatic rings. The van der Waals surface area contributed by atoms with E-state index in [9.17, 15) is 4.79 Å². The van der Waals surface area contributed by atoms with Crippen LogP contribution in [-0.4, -0.2) is 61.1 Å². The van der Waals surface area contributed by atoms with Crippen LogP contribution in [0, 0.1) is 0 Å². The van der Waals surface area contributed by atoms with Crippen molar-refractivity contribution < 1.29 is 14.3 Å². The van der Waals surface area contributed by atoms with E-state index in [4.69, 9.17) is 9.47 Å². The summed E-state index contributed by atoms with van der Waals surface area (Å²) in [4.78, 5) is 22.5. The lowest BCUT2D eigenvalue weighted by molar-refractivity contribution is 0.0593. The molecule has 6 nitrogen and oxygen atoms in total. The summed E-state index contributed by atoms with van der Waals surface area (Å²) in [6.07, 6.45) is 0. The molecule has 6 heteroatoms. The number of carbonyl (C=O) groups is 1. The molecule has 0 radical (unpaired) electrons. The Hall–Kier alpha value is -4.16. The summed E-state index contributed by atoms with van der Waals surface area (Å²) in [5, 5.41) is 0. The fourth-order valence-corrected chi connectivity index (χ4v) is 4.92. The van der Waals surface area contributed by atoms with Crippen LogP contribution in [0.4, 0.5) is 0 Å². The molecule has 188 valence electrons. The van der Waals surface area contributed by atoms with Crippen LogP contribution in [0.3, 0.4) is 0 Å². The average molecular weight is 494 g/mol. The SMILES string of the molecule is COc1ccc(-c2ccc(C(=O)N3CCN(C(c4ccccc4)c4ccccc4)CC3)c(OC)n2)cc1. The number of aromatic nitrogens is 1. The van der Waals surface area contributed by atoms with Crippen LogP contribution in [-0.2, 0) is 0 Å². The first-order chi connectivity index (χ1) is 18.2. The number of hydrogen-bond donors (Lipinski definition) is 0. The number of pyridine rings is 1. The third kappa shape index (κ3) is 5.34. The molecule has 3 aromatic carbocycles. The summed E-state index contributed by atoms with van der Waals surface area (Å²) in [5.41, 5.74) is 4.67. The van der Waals surface area contributed by atoms with Crippen LogP contribution >= 0.6 is 0 Å². The van der Waals surface area contributed by atoms with Gasteiger partial charge in [0.2, 0.25) is 5.88 Å². The second kappa shape index (κ2) is 11.3. The molecule has 0 atom stereocenters. The van der Waals surface area contributed by atoms with E-state index in [-0.39, 0.29) is 11.9 Å². The quantitative estimate of drug-likeness (QED) is 0.349. The molecule has 1 amide bonds. The highest BCUT2D eigenvalue weighted by Gasteiger charge is 2.29. The minimum atomic E-state index is -0.0544. The molecule has 0 saturated carbocycles. The highest BCUT2D eigenvalue weighted by Crippen LogP contribution is 2.30. The second-order valence-corrected chi connectivity index (χ2v) is 9.03. The summed E-state index contributed by atoms with van der Waals surface area (Å²) in [5.74, 6) is 1.07. The van der Waals surface area contributed by atoms with Gasteiger partial charge in [0.15, 0.2) is 0 Å². The summed E-state index contributed by atoms with van der Waals surface area (Å²) < 4.78 is 10.8. The first kappa shape index (κ1) is 24.5. The lowest BCUT2D eigenvalue weighted by Gasteiger charge is -2.39. The second-order valence-electron chi connectivity index (χ2n) is 9.03. The van der Waals surface area contributed by atoms with E-state index in [2.05, 4.69) is 58.4 Å². The van der Waals surface area contributed by atoms with Gasteiger partial charge in [-0.2, -0.15) is 0 Å². The normalized spacial score (nSPS) is 14.0. The number of ether oxygens (including phenoxy) is 2. The van der Waals surface area contributed by atoms with Crippen molar-refractivity contribution in [2.45, 2.75) is 6.04 Å². The van der Waals surface area contributed by atoms with Crippen LogP contribution in [0.25, 0.3) is 11.3 Å². The Kier molecular flexibility index (Phi) is 7.47. The number of benzene rings is 3. The van der Waals surface area contributed by atoms with Gasteiger partial charge < -0.3 is 14.4 Å². The predicted molar refractivity (Wildman–Crippen MR) is 145 cm³/mol. The van der Waals surface area contributed by atoms with Crippen LogP contribution in [0.5, 0.6) is 11.6 Å². The Balaban J connectivity index is 1.32. The van der Waals surface area contributed by atoms with Gasteiger partial charge in [0, 0.05) is 31.7 Å². The molecule has 1 aliphatic rings. The molecule has 2 heterocycles. The van der Waals surface area contributed by atoms with E-state index in [0.717, 1.165) is 30.1 Å². The zero-order chi connectivity index (χ0) is 25.6. The van der Waals surface area contributed by atoms with Crippen LogP contribution < -0.4 is 9.47 Å². The van der Waals surface area contributed by atoms with Crippen molar-refractivity contribution in [3.05, 3.63) is 114 Å². The Labute approximate surface area is 218 Å². The van der Waals surface area contributed by atoms with Gasteiger partial charge >= 0.3 is 0 Å². The molecule has 0 N–H and O–H groups in total. The Bertz CT molecular complexity index is 1280. The molecular weight excluding hydrogens is 462 g/mol. The van der Waals surface area contributed by atoms with Gasteiger partial charge in [-0.25, -0.2) is 4.98 Å². The van der Waals surface area contributed by atoms with Crippen molar-refractivity contribution in [2.75, 3.05) is 40.4 Å². The highest BCUT2D eigenvalue weighted by atomic mass is 16.5. The molecule has 1 aromatic heterocycles. The molecule has 0 aliphatic carbocycles. The lowest BCUT2D eigenvalue weighted by Crippen LogP contribution is -2.50. The van der Waals surface area contributed by atoms with Gasteiger partial charge in [0.25, 0.3) is 5.91 Å². The minimum absolute atomic E-state index is 0.0544. The third-order valence-corrected chi connectivity index (χ3v) is 6.87. The summed E-state index contributed by atoms with van der Waals surface area (Å²) in [6.45, 7) is 2.83. The zero-order valence-electron chi connectivity index (χ0n) is 21.2. The van der Waals surface area contributed by atoms with Crippen LogP contribution in [0.15, 0.2) is 97.1 Å². The summed E-state index contributed by atoms with van der Waals surface area (Å²) in [6, 6.07) is 32.6. The van der Waals surface area contributed by atoms with E-state index in [0.29, 0.717) is 24.5 Å². The molecule has 0 bridgehead atoms. The highest BCUT2D eigenvalue weighted by molar-refractivity contribution is 5.96. The van der Waals surface area contributed by atoms with Crippen molar-refractivity contribution in [1.29, 1.82) is 0 Å². The first-order valence-electron chi connectivity index (χ1n) is 12.5. The minimum Gasteiger partial charge on any atom is -0.497 e. The van der Waals surface area contributed by atoms with Gasteiger partial charge in [-0.15, -0.1) is 0 Å². The summed E-state index contributed by atoms with van der Waals surface area (Å²) >= 11 is 0. The van der Waals surface area contributed by atoms with Gasteiger partial charge in [-0.3, -0.25) is 9.69 Å². The first-order valence-corrected chi connectivity index (χ1v) is 12.5. The monoisotopic (exact) mass is 493 g/mol. The number of piperazine rings is 1. The molecule has 0 spiro atoms. The van der Waals surface area contributed by atoms with Gasteiger partial charge in [-0.05, 0) is 47.5 Å². The predicted octanol–water partition coefficient (Wildman–Crippen LogP) is 5.31. The Morgan fingerprint density at radius 2 is 1.32 bits per heavy atom. The molecule has 1 saturated heterocycles. The van der Waals surface area contributed by atoms with Crippen molar-refractivity contribution in [1.82, 2.24) is 14.8 Å². The van der Waals surface area contributed by atoms with E-state index in [1.54, 1.807) is 14.2 Å².